The number of benzene rings is 1. The molecular weight excluding hydrogens is 412 g/mol. The first-order valence-corrected chi connectivity index (χ1v) is 11.6. The van der Waals surface area contributed by atoms with Crippen LogP contribution in [-0.2, 0) is 14.8 Å². The Balaban J connectivity index is 1.49. The van der Waals surface area contributed by atoms with E-state index in [1.165, 1.54) is 16.6 Å². The first kappa shape index (κ1) is 21.3. The van der Waals surface area contributed by atoms with E-state index in [0.29, 0.717) is 23.8 Å². The van der Waals surface area contributed by atoms with Crippen molar-refractivity contribution in [3.8, 4) is 0 Å². The molecule has 0 saturated carbocycles. The number of hydrogen-bond donors (Lipinski definition) is 2. The molecule has 29 heavy (non-hydrogen) atoms. The van der Waals surface area contributed by atoms with Crippen molar-refractivity contribution < 1.29 is 18.0 Å². The van der Waals surface area contributed by atoms with E-state index < -0.39 is 22.0 Å². The van der Waals surface area contributed by atoms with Crippen molar-refractivity contribution in [2.75, 3.05) is 24.2 Å². The Morgan fingerprint density at radius 3 is 2.41 bits per heavy atom. The molecule has 0 bridgehead atoms. The van der Waals surface area contributed by atoms with Gasteiger partial charge in [-0.15, -0.1) is 0 Å². The van der Waals surface area contributed by atoms with Crippen LogP contribution in [0, 0.1) is 0 Å². The van der Waals surface area contributed by atoms with Crippen LogP contribution in [0.5, 0.6) is 0 Å². The van der Waals surface area contributed by atoms with Crippen LogP contribution in [0.3, 0.4) is 0 Å². The summed E-state index contributed by atoms with van der Waals surface area (Å²) in [5.41, 5.74) is 0.581. The molecule has 10 heteroatoms. The number of rotatable bonds is 6. The fourth-order valence-electron chi connectivity index (χ4n) is 2.85. The minimum Gasteiger partial charge on any atom is -0.308 e. The molecule has 8 nitrogen and oxygen atoms in total. The fraction of sp³-hybridized carbons (Fsp3) is 0.316. The van der Waals surface area contributed by atoms with Gasteiger partial charge in [-0.05, 0) is 37.1 Å². The average molecular weight is 435 g/mol. The predicted octanol–water partition coefficient (Wildman–Crippen LogP) is 2.70. The zero-order valence-corrected chi connectivity index (χ0v) is 17.3. The maximum Gasteiger partial charge on any atom is 0.325 e. The molecule has 0 atom stereocenters. The summed E-state index contributed by atoms with van der Waals surface area (Å²) in [5, 5.41) is 5.30. The Morgan fingerprint density at radius 1 is 1.03 bits per heavy atom. The normalized spacial score (nSPS) is 14.9. The predicted molar refractivity (Wildman–Crippen MR) is 111 cm³/mol. The van der Waals surface area contributed by atoms with Gasteiger partial charge in [-0.2, -0.15) is 4.31 Å². The number of para-hydroxylation sites is 1. The van der Waals surface area contributed by atoms with E-state index >= 15 is 0 Å². The van der Waals surface area contributed by atoms with Gasteiger partial charge in [-0.3, -0.25) is 10.1 Å². The van der Waals surface area contributed by atoms with Gasteiger partial charge in [0.2, 0.25) is 15.9 Å². The van der Waals surface area contributed by atoms with Gasteiger partial charge in [-0.25, -0.2) is 18.2 Å². The number of hydrogen-bond acceptors (Lipinski definition) is 6. The summed E-state index contributed by atoms with van der Waals surface area (Å²) in [5.74, 6) is -0.497. The monoisotopic (exact) mass is 434 g/mol. The molecule has 0 unspecified atom stereocenters. The summed E-state index contributed by atoms with van der Waals surface area (Å²) >= 11 is 1.12. The topological polar surface area (TPSA) is 108 Å². The average Bonchev–Trinajstić information content (AvgIpc) is 2.74. The lowest BCUT2D eigenvalue weighted by Gasteiger charge is -2.25. The van der Waals surface area contributed by atoms with Crippen molar-refractivity contribution >= 4 is 39.4 Å². The van der Waals surface area contributed by atoms with E-state index in [4.69, 9.17) is 0 Å². The molecule has 0 aliphatic carbocycles. The Hall–Kier alpha value is -2.43. The third-order valence-corrected chi connectivity index (χ3v) is 7.12. The van der Waals surface area contributed by atoms with Gasteiger partial charge in [0.25, 0.3) is 0 Å². The van der Waals surface area contributed by atoms with Gasteiger partial charge in [0.1, 0.15) is 4.90 Å². The lowest BCUT2D eigenvalue weighted by molar-refractivity contribution is -0.117. The van der Waals surface area contributed by atoms with Gasteiger partial charge in [0.05, 0.1) is 10.8 Å². The minimum absolute atomic E-state index is 0.0204. The lowest BCUT2D eigenvalue weighted by Crippen LogP contribution is -2.35. The molecule has 1 aromatic heterocycles. The van der Waals surface area contributed by atoms with Gasteiger partial charge in [0, 0.05) is 25.0 Å². The summed E-state index contributed by atoms with van der Waals surface area (Å²) in [6.45, 7) is 1.06. The van der Waals surface area contributed by atoms with Gasteiger partial charge in [0.15, 0.2) is 0 Å². The third-order valence-electron chi connectivity index (χ3n) is 4.30. The highest BCUT2D eigenvalue weighted by Gasteiger charge is 2.26. The fourth-order valence-corrected chi connectivity index (χ4v) is 4.95. The van der Waals surface area contributed by atoms with Gasteiger partial charge in [-0.1, -0.05) is 36.4 Å². The SMILES string of the molecule is O=C(CSc1ccc(S(=O)(=O)N2CCCCC2)cn1)NC(=O)Nc1ccccc1. The number of piperidine rings is 1. The van der Waals surface area contributed by atoms with Gasteiger partial charge < -0.3 is 5.32 Å². The van der Waals surface area contributed by atoms with Crippen LogP contribution in [0.1, 0.15) is 19.3 Å². The summed E-state index contributed by atoms with van der Waals surface area (Å²) in [7, 11) is -3.53. The summed E-state index contributed by atoms with van der Waals surface area (Å²) in [6, 6.07) is 11.2. The van der Waals surface area contributed by atoms with Crippen molar-refractivity contribution in [3.05, 3.63) is 48.7 Å². The number of thioether (sulfide) groups is 1. The molecule has 2 aromatic rings. The Bertz CT molecular complexity index is 944. The van der Waals surface area contributed by atoms with Crippen LogP contribution in [0.25, 0.3) is 0 Å². The molecular formula is C19H22N4O4S2. The van der Waals surface area contributed by atoms with E-state index in [1.54, 1.807) is 30.3 Å². The van der Waals surface area contributed by atoms with E-state index in [1.807, 2.05) is 6.07 Å². The largest absolute Gasteiger partial charge is 0.325 e. The first-order chi connectivity index (χ1) is 13.9. The van der Waals surface area contributed by atoms with Crippen molar-refractivity contribution in [2.24, 2.45) is 0 Å². The number of nitrogens with one attached hydrogen (secondary N) is 2. The standard InChI is InChI=1S/C19H22N4O4S2/c24-17(22-19(25)21-15-7-3-1-4-8-15)14-28-18-10-9-16(13-20-18)29(26,27)23-11-5-2-6-12-23/h1,3-4,7-10,13H,2,5-6,11-12,14H2,(H2,21,22,24,25). The van der Waals surface area contributed by atoms with Crippen molar-refractivity contribution in [2.45, 2.75) is 29.2 Å². The maximum absolute atomic E-state index is 12.6. The highest BCUT2D eigenvalue weighted by molar-refractivity contribution is 7.99. The van der Waals surface area contributed by atoms with Gasteiger partial charge >= 0.3 is 6.03 Å². The number of aromatic nitrogens is 1. The number of pyridine rings is 1. The van der Waals surface area contributed by atoms with E-state index in [9.17, 15) is 18.0 Å². The van der Waals surface area contributed by atoms with Crippen LogP contribution in [0.4, 0.5) is 10.5 Å². The second-order valence-electron chi connectivity index (χ2n) is 6.45. The van der Waals surface area contributed by atoms with Crippen molar-refractivity contribution in [1.29, 1.82) is 0 Å². The molecule has 1 fully saturated rings. The molecule has 2 heterocycles. The smallest absolute Gasteiger partial charge is 0.308 e. The molecule has 2 N–H and O–H groups in total. The number of nitrogens with zero attached hydrogens (tertiary/aromatic N) is 2. The molecule has 1 aliphatic rings. The van der Waals surface area contributed by atoms with Crippen LogP contribution in [-0.4, -0.2) is 48.5 Å². The molecule has 1 aliphatic heterocycles. The highest BCUT2D eigenvalue weighted by Crippen LogP contribution is 2.22. The second kappa shape index (κ2) is 9.86. The van der Waals surface area contributed by atoms with Crippen LogP contribution >= 0.6 is 11.8 Å². The molecule has 0 spiro atoms. The van der Waals surface area contributed by atoms with Crippen molar-refractivity contribution in [3.63, 3.8) is 0 Å². The Labute approximate surface area is 174 Å². The molecule has 3 amide bonds. The minimum atomic E-state index is -3.53. The molecule has 154 valence electrons. The van der Waals surface area contributed by atoms with Crippen LogP contribution in [0.15, 0.2) is 58.6 Å². The van der Waals surface area contributed by atoms with E-state index in [2.05, 4.69) is 15.6 Å². The van der Waals surface area contributed by atoms with Crippen LogP contribution < -0.4 is 10.6 Å². The number of urea groups is 1. The number of imide groups is 1. The van der Waals surface area contributed by atoms with Crippen LogP contribution in [0.2, 0.25) is 0 Å². The van der Waals surface area contributed by atoms with Crippen molar-refractivity contribution in [1.82, 2.24) is 14.6 Å². The molecule has 1 aromatic carbocycles. The Morgan fingerprint density at radius 2 is 1.76 bits per heavy atom. The maximum atomic E-state index is 12.6. The molecule has 3 rings (SSSR count). The number of carbonyl (C=O) groups is 2. The number of sulfonamides is 1. The number of carbonyl (C=O) groups excluding carboxylic acids is 2. The molecule has 1 saturated heterocycles. The summed E-state index contributed by atoms with van der Waals surface area (Å²) in [6.07, 6.45) is 4.10. The highest BCUT2D eigenvalue weighted by atomic mass is 32.2. The zero-order valence-electron chi connectivity index (χ0n) is 15.7. The van der Waals surface area contributed by atoms with E-state index in [-0.39, 0.29) is 10.6 Å². The number of anilines is 1. The zero-order chi connectivity index (χ0) is 20.7. The number of amides is 3. The second-order valence-corrected chi connectivity index (χ2v) is 9.39. The summed E-state index contributed by atoms with van der Waals surface area (Å²) < 4.78 is 26.7. The quantitative estimate of drug-likeness (QED) is 0.677. The Kier molecular flexibility index (Phi) is 7.24. The van der Waals surface area contributed by atoms with E-state index in [0.717, 1.165) is 31.0 Å². The molecule has 0 radical (unpaired) electrons. The lowest BCUT2D eigenvalue weighted by atomic mass is 10.2. The third kappa shape index (κ3) is 6.02. The first-order valence-electron chi connectivity index (χ1n) is 9.20. The summed E-state index contributed by atoms with van der Waals surface area (Å²) in [4.78, 5) is 28.0.